The number of nitrogens with zero attached hydrogens (tertiary/aromatic N) is 6. The van der Waals surface area contributed by atoms with Gasteiger partial charge < -0.3 is 9.55 Å². The Kier molecular flexibility index (Phi) is 5.64. The SMILES string of the molecule is C1=Cc2cc3c(-c4ccncc4)c(-c4ccncc4)c(cc4nc(cc5ccc(cc1n2)[nH]5)C=C4)n3-c1ccncc1. The first-order valence-corrected chi connectivity index (χ1v) is 13.6. The van der Waals surface area contributed by atoms with Crippen molar-refractivity contribution in [2.45, 2.75) is 0 Å². The zero-order chi connectivity index (χ0) is 27.9. The van der Waals surface area contributed by atoms with Gasteiger partial charge in [0.05, 0.1) is 33.8 Å². The van der Waals surface area contributed by atoms with Crippen LogP contribution in [-0.2, 0) is 0 Å². The van der Waals surface area contributed by atoms with E-state index in [1.807, 2.05) is 61.5 Å². The highest BCUT2D eigenvalue weighted by Crippen LogP contribution is 2.43. The van der Waals surface area contributed by atoms with Gasteiger partial charge in [0.1, 0.15) is 0 Å². The van der Waals surface area contributed by atoms with E-state index in [0.29, 0.717) is 0 Å². The predicted octanol–water partition coefficient (Wildman–Crippen LogP) is 7.64. The monoisotopic (exact) mass is 541 g/mol. The largest absolute Gasteiger partial charge is 0.355 e. The van der Waals surface area contributed by atoms with E-state index in [1.165, 1.54) is 0 Å². The molecule has 0 saturated carbocycles. The van der Waals surface area contributed by atoms with Gasteiger partial charge in [-0.2, -0.15) is 0 Å². The molecule has 8 rings (SSSR count). The third kappa shape index (κ3) is 4.30. The van der Waals surface area contributed by atoms with Crippen LogP contribution < -0.4 is 0 Å². The van der Waals surface area contributed by atoms with Crippen molar-refractivity contribution in [1.82, 2.24) is 34.5 Å². The highest BCUT2D eigenvalue weighted by Gasteiger charge is 2.21. The van der Waals surface area contributed by atoms with Gasteiger partial charge in [-0.1, -0.05) is 0 Å². The first-order chi connectivity index (χ1) is 20.8. The number of H-pyrrole nitrogens is 1. The summed E-state index contributed by atoms with van der Waals surface area (Å²) in [6.07, 6.45) is 19.2. The number of pyridine rings is 3. The van der Waals surface area contributed by atoms with Crippen molar-refractivity contribution in [3.8, 4) is 27.9 Å². The molecule has 0 spiro atoms. The van der Waals surface area contributed by atoms with E-state index in [0.717, 1.165) is 72.8 Å². The number of aromatic nitrogens is 7. The van der Waals surface area contributed by atoms with Crippen molar-refractivity contribution in [2.75, 3.05) is 0 Å². The van der Waals surface area contributed by atoms with Gasteiger partial charge in [0.25, 0.3) is 0 Å². The number of fused-ring (bicyclic) bond motifs is 8. The Morgan fingerprint density at radius 1 is 0.452 bits per heavy atom. The van der Waals surface area contributed by atoms with Crippen molar-refractivity contribution in [2.24, 2.45) is 0 Å². The fourth-order valence-electron chi connectivity index (χ4n) is 5.58. The molecule has 6 aromatic heterocycles. The summed E-state index contributed by atoms with van der Waals surface area (Å²) < 4.78 is 2.27. The molecule has 8 bridgehead atoms. The summed E-state index contributed by atoms with van der Waals surface area (Å²) in [5.74, 6) is 0. The average Bonchev–Trinajstić information content (AvgIpc) is 3.83. The Labute approximate surface area is 241 Å². The maximum atomic E-state index is 4.98. The van der Waals surface area contributed by atoms with Crippen LogP contribution in [0.5, 0.6) is 0 Å². The third-order valence-electron chi connectivity index (χ3n) is 7.38. The second-order valence-corrected chi connectivity index (χ2v) is 10.1. The third-order valence-corrected chi connectivity index (χ3v) is 7.38. The molecule has 0 fully saturated rings. The second-order valence-electron chi connectivity index (χ2n) is 10.1. The minimum atomic E-state index is 0.858. The van der Waals surface area contributed by atoms with Gasteiger partial charge in [0, 0.05) is 65.0 Å². The highest BCUT2D eigenvalue weighted by atomic mass is 15.0. The molecule has 6 aromatic rings. The molecule has 42 heavy (non-hydrogen) atoms. The molecule has 0 unspecified atom stereocenters. The molecular weight excluding hydrogens is 518 g/mol. The fraction of sp³-hybridized carbons (Fsp3) is 0. The zero-order valence-corrected chi connectivity index (χ0v) is 22.4. The van der Waals surface area contributed by atoms with Gasteiger partial charge in [-0.15, -0.1) is 0 Å². The van der Waals surface area contributed by atoms with Crippen LogP contribution in [0.15, 0.2) is 110 Å². The number of hydrogen-bond donors (Lipinski definition) is 1. The Balaban J connectivity index is 1.63. The molecule has 7 nitrogen and oxygen atoms in total. The van der Waals surface area contributed by atoms with Crippen LogP contribution in [0, 0.1) is 0 Å². The van der Waals surface area contributed by atoms with Crippen LogP contribution >= 0.6 is 0 Å². The van der Waals surface area contributed by atoms with E-state index >= 15 is 0 Å². The van der Waals surface area contributed by atoms with Gasteiger partial charge in [0.15, 0.2) is 0 Å². The Morgan fingerprint density at radius 3 is 1.31 bits per heavy atom. The number of nitrogens with one attached hydrogen (secondary N) is 1. The summed E-state index contributed by atoms with van der Waals surface area (Å²) in [6.45, 7) is 0. The summed E-state index contributed by atoms with van der Waals surface area (Å²) in [5, 5.41) is 0. The Bertz CT molecular complexity index is 2040. The molecule has 198 valence electrons. The Morgan fingerprint density at radius 2 is 0.857 bits per heavy atom. The Hall–Kier alpha value is -5.95. The van der Waals surface area contributed by atoms with Gasteiger partial charge in [-0.3, -0.25) is 15.0 Å². The van der Waals surface area contributed by atoms with E-state index in [-0.39, 0.29) is 0 Å². The van der Waals surface area contributed by atoms with E-state index < -0.39 is 0 Å². The van der Waals surface area contributed by atoms with Gasteiger partial charge in [-0.25, -0.2) is 9.97 Å². The summed E-state index contributed by atoms with van der Waals surface area (Å²) >= 11 is 0. The summed E-state index contributed by atoms with van der Waals surface area (Å²) in [5.41, 5.74) is 12.6. The second kappa shape index (κ2) is 9.91. The molecule has 0 radical (unpaired) electrons. The number of hydrogen-bond acceptors (Lipinski definition) is 5. The minimum absolute atomic E-state index is 0.858. The van der Waals surface area contributed by atoms with Gasteiger partial charge >= 0.3 is 0 Å². The summed E-state index contributed by atoms with van der Waals surface area (Å²) in [6, 6.07) is 24.8. The summed E-state index contributed by atoms with van der Waals surface area (Å²) in [7, 11) is 0. The van der Waals surface area contributed by atoms with Crippen LogP contribution in [0.1, 0.15) is 22.8 Å². The first kappa shape index (κ1) is 23.9. The van der Waals surface area contributed by atoms with Crippen LogP contribution in [0.25, 0.3) is 74.3 Å². The lowest BCUT2D eigenvalue weighted by atomic mass is 9.97. The van der Waals surface area contributed by atoms with Crippen molar-refractivity contribution in [3.63, 3.8) is 0 Å². The molecule has 1 N–H and O–H groups in total. The van der Waals surface area contributed by atoms with Crippen molar-refractivity contribution < 1.29 is 0 Å². The molecule has 0 aromatic carbocycles. The first-order valence-electron chi connectivity index (χ1n) is 13.6. The van der Waals surface area contributed by atoms with Crippen molar-refractivity contribution >= 4 is 46.4 Å². The molecule has 2 aliphatic rings. The molecule has 0 amide bonds. The van der Waals surface area contributed by atoms with E-state index in [9.17, 15) is 0 Å². The van der Waals surface area contributed by atoms with Gasteiger partial charge in [0.2, 0.25) is 0 Å². The van der Waals surface area contributed by atoms with Crippen LogP contribution in [0.4, 0.5) is 0 Å². The lowest BCUT2D eigenvalue weighted by Gasteiger charge is -2.07. The standard InChI is InChI=1S/C35H23N7/c1-2-26-20-28-4-6-30(41-28)22-33-35(24-9-15-37-16-10-24)34(23-7-13-36-14-8-23)32(42(33)31-11-17-38-18-12-31)21-29-5-3-27(40-29)19-25(1)39-26/h1-22,39H. The molecule has 7 heteroatoms. The topological polar surface area (TPSA) is 85.2 Å². The molecular formula is C35H23N7. The normalized spacial score (nSPS) is 12.1. The summed E-state index contributed by atoms with van der Waals surface area (Å²) in [4.78, 5) is 26.3. The number of aromatic amines is 1. The average molecular weight is 542 g/mol. The molecule has 2 aliphatic heterocycles. The van der Waals surface area contributed by atoms with E-state index in [1.54, 1.807) is 0 Å². The molecule has 0 atom stereocenters. The quantitative estimate of drug-likeness (QED) is 0.248. The predicted molar refractivity (Wildman–Crippen MR) is 168 cm³/mol. The van der Waals surface area contributed by atoms with Crippen LogP contribution in [0.3, 0.4) is 0 Å². The van der Waals surface area contributed by atoms with Crippen LogP contribution in [-0.4, -0.2) is 34.5 Å². The molecule has 0 saturated heterocycles. The van der Waals surface area contributed by atoms with E-state index in [2.05, 4.69) is 97.3 Å². The lowest BCUT2D eigenvalue weighted by Crippen LogP contribution is -1.94. The maximum Gasteiger partial charge on any atom is 0.0658 e. The van der Waals surface area contributed by atoms with Gasteiger partial charge in [-0.05, 0) is 108 Å². The van der Waals surface area contributed by atoms with Crippen LogP contribution in [0.2, 0.25) is 0 Å². The highest BCUT2D eigenvalue weighted by molar-refractivity contribution is 6.05. The van der Waals surface area contributed by atoms with Crippen molar-refractivity contribution in [3.05, 3.63) is 133 Å². The zero-order valence-electron chi connectivity index (χ0n) is 22.4. The maximum absolute atomic E-state index is 4.98. The minimum Gasteiger partial charge on any atom is -0.355 e. The van der Waals surface area contributed by atoms with E-state index in [4.69, 9.17) is 9.97 Å². The fourth-order valence-corrected chi connectivity index (χ4v) is 5.58. The smallest absolute Gasteiger partial charge is 0.0658 e. The molecule has 8 heterocycles. The number of rotatable bonds is 3. The van der Waals surface area contributed by atoms with Crippen molar-refractivity contribution in [1.29, 1.82) is 0 Å². The molecule has 0 aliphatic carbocycles. The lowest BCUT2D eigenvalue weighted by molar-refractivity contribution is 1.15.